The lowest BCUT2D eigenvalue weighted by Gasteiger charge is -2.04. The van der Waals surface area contributed by atoms with Crippen molar-refractivity contribution in [3.63, 3.8) is 0 Å². The minimum Gasteiger partial charge on any atom is -0.370 e. The number of anilines is 1. The summed E-state index contributed by atoms with van der Waals surface area (Å²) in [5.74, 6) is 1.69. The van der Waals surface area contributed by atoms with Gasteiger partial charge in [-0.2, -0.15) is 0 Å². The Labute approximate surface area is 84.3 Å². The van der Waals surface area contributed by atoms with Crippen molar-refractivity contribution in [1.29, 1.82) is 0 Å². The molecule has 0 radical (unpaired) electrons. The van der Waals surface area contributed by atoms with Crippen molar-refractivity contribution in [1.82, 2.24) is 4.98 Å². The van der Waals surface area contributed by atoms with Crippen molar-refractivity contribution >= 4 is 17.4 Å². The smallest absolute Gasteiger partial charge is 0.126 e. The van der Waals surface area contributed by atoms with Gasteiger partial charge in [-0.1, -0.05) is 6.07 Å². The lowest BCUT2D eigenvalue weighted by molar-refractivity contribution is 0.835. The molecule has 0 bridgehead atoms. The maximum Gasteiger partial charge on any atom is 0.126 e. The first kappa shape index (κ1) is 10.3. The highest BCUT2D eigenvalue weighted by Crippen LogP contribution is 2.03. The van der Waals surface area contributed by atoms with Crippen molar-refractivity contribution < 1.29 is 0 Å². The zero-order valence-electron chi connectivity index (χ0n) is 7.89. The number of nitrogens with one attached hydrogen (secondary N) is 1. The second-order valence-corrected chi connectivity index (χ2v) is 3.37. The quantitative estimate of drug-likeness (QED) is 0.582. The standard InChI is InChI=1S/C10H15ClN2/c1-9-5-4-6-10(13-9)12-8-3-2-7-11/h4-6H,2-3,7-8H2,1H3,(H,12,13). The van der Waals surface area contributed by atoms with Crippen LogP contribution in [0.4, 0.5) is 5.82 Å². The van der Waals surface area contributed by atoms with Gasteiger partial charge in [0.05, 0.1) is 0 Å². The number of aromatic nitrogens is 1. The summed E-state index contributed by atoms with van der Waals surface area (Å²) >= 11 is 5.57. The van der Waals surface area contributed by atoms with Crippen LogP contribution < -0.4 is 5.32 Å². The molecule has 1 rings (SSSR count). The van der Waals surface area contributed by atoms with Gasteiger partial charge in [0, 0.05) is 18.1 Å². The first-order valence-electron chi connectivity index (χ1n) is 4.56. The number of hydrogen-bond acceptors (Lipinski definition) is 2. The zero-order chi connectivity index (χ0) is 9.52. The van der Waals surface area contributed by atoms with Crippen LogP contribution in [0.3, 0.4) is 0 Å². The van der Waals surface area contributed by atoms with Gasteiger partial charge in [-0.3, -0.25) is 0 Å². The van der Waals surface area contributed by atoms with Crippen LogP contribution in [0.15, 0.2) is 18.2 Å². The SMILES string of the molecule is Cc1cccc(NCCCCCl)n1. The van der Waals surface area contributed by atoms with Crippen LogP contribution in [0.2, 0.25) is 0 Å². The summed E-state index contributed by atoms with van der Waals surface area (Å²) in [6.07, 6.45) is 2.15. The van der Waals surface area contributed by atoms with E-state index in [1.54, 1.807) is 0 Å². The van der Waals surface area contributed by atoms with Gasteiger partial charge >= 0.3 is 0 Å². The van der Waals surface area contributed by atoms with Gasteiger partial charge in [-0.25, -0.2) is 4.98 Å². The number of halogens is 1. The Morgan fingerprint density at radius 1 is 1.38 bits per heavy atom. The summed E-state index contributed by atoms with van der Waals surface area (Å²) < 4.78 is 0. The van der Waals surface area contributed by atoms with Crippen LogP contribution >= 0.6 is 11.6 Å². The maximum absolute atomic E-state index is 5.57. The Balaban J connectivity index is 2.28. The third kappa shape index (κ3) is 4.13. The highest BCUT2D eigenvalue weighted by atomic mass is 35.5. The first-order valence-corrected chi connectivity index (χ1v) is 5.10. The van der Waals surface area contributed by atoms with Crippen LogP contribution in [-0.4, -0.2) is 17.4 Å². The fourth-order valence-electron chi connectivity index (χ4n) is 1.08. The number of hydrogen-bond donors (Lipinski definition) is 1. The Bertz CT molecular complexity index is 250. The summed E-state index contributed by atoms with van der Waals surface area (Å²) in [6, 6.07) is 5.98. The van der Waals surface area contributed by atoms with E-state index < -0.39 is 0 Å². The molecule has 0 aromatic carbocycles. The molecule has 0 aliphatic heterocycles. The van der Waals surface area contributed by atoms with Crippen molar-refractivity contribution in [2.45, 2.75) is 19.8 Å². The summed E-state index contributed by atoms with van der Waals surface area (Å²) in [5.41, 5.74) is 1.04. The Morgan fingerprint density at radius 2 is 2.23 bits per heavy atom. The van der Waals surface area contributed by atoms with Crippen LogP contribution in [0.25, 0.3) is 0 Å². The minimum absolute atomic E-state index is 0.739. The predicted molar refractivity (Wildman–Crippen MR) is 57.4 cm³/mol. The van der Waals surface area contributed by atoms with E-state index in [9.17, 15) is 0 Å². The first-order chi connectivity index (χ1) is 6.33. The second-order valence-electron chi connectivity index (χ2n) is 2.99. The van der Waals surface area contributed by atoms with E-state index in [0.717, 1.165) is 36.8 Å². The second kappa shape index (κ2) is 5.81. The third-order valence-corrected chi connectivity index (χ3v) is 2.02. The number of aryl methyl sites for hydroxylation is 1. The van der Waals surface area contributed by atoms with Crippen LogP contribution in [0.1, 0.15) is 18.5 Å². The molecule has 0 aliphatic rings. The van der Waals surface area contributed by atoms with E-state index in [2.05, 4.69) is 10.3 Å². The summed E-state index contributed by atoms with van der Waals surface area (Å²) in [4.78, 5) is 4.33. The molecule has 0 spiro atoms. The monoisotopic (exact) mass is 198 g/mol. The molecule has 2 nitrogen and oxygen atoms in total. The summed E-state index contributed by atoms with van der Waals surface area (Å²) in [5, 5.41) is 3.25. The number of pyridine rings is 1. The average Bonchev–Trinajstić information content (AvgIpc) is 2.13. The van der Waals surface area contributed by atoms with Crippen molar-refractivity contribution in [3.8, 4) is 0 Å². The van der Waals surface area contributed by atoms with Gasteiger partial charge < -0.3 is 5.32 Å². The van der Waals surface area contributed by atoms with Gasteiger partial charge in [0.2, 0.25) is 0 Å². The molecule has 0 saturated carbocycles. The molecule has 1 aromatic heterocycles. The van der Waals surface area contributed by atoms with Crippen LogP contribution in [0, 0.1) is 6.92 Å². The highest BCUT2D eigenvalue weighted by Gasteiger charge is 1.92. The Morgan fingerprint density at radius 3 is 2.92 bits per heavy atom. The Kier molecular flexibility index (Phi) is 4.61. The van der Waals surface area contributed by atoms with Gasteiger partial charge in [0.25, 0.3) is 0 Å². The normalized spacial score (nSPS) is 10.0. The van der Waals surface area contributed by atoms with E-state index in [-0.39, 0.29) is 0 Å². The molecule has 0 amide bonds. The number of alkyl halides is 1. The summed E-state index contributed by atoms with van der Waals surface area (Å²) in [7, 11) is 0. The van der Waals surface area contributed by atoms with Crippen molar-refractivity contribution in [2.24, 2.45) is 0 Å². The average molecular weight is 199 g/mol. The van der Waals surface area contributed by atoms with Gasteiger partial charge in [-0.05, 0) is 31.9 Å². The molecule has 1 heterocycles. The lowest BCUT2D eigenvalue weighted by atomic mass is 10.3. The minimum atomic E-state index is 0.739. The molecule has 0 fully saturated rings. The fourth-order valence-corrected chi connectivity index (χ4v) is 1.27. The fraction of sp³-hybridized carbons (Fsp3) is 0.500. The molecule has 13 heavy (non-hydrogen) atoms. The molecule has 1 N–H and O–H groups in total. The lowest BCUT2D eigenvalue weighted by Crippen LogP contribution is -2.03. The van der Waals surface area contributed by atoms with E-state index in [1.807, 2.05) is 25.1 Å². The van der Waals surface area contributed by atoms with Gasteiger partial charge in [0.1, 0.15) is 5.82 Å². The van der Waals surface area contributed by atoms with Gasteiger partial charge in [-0.15, -0.1) is 11.6 Å². The van der Waals surface area contributed by atoms with Gasteiger partial charge in [0.15, 0.2) is 0 Å². The van der Waals surface area contributed by atoms with Crippen LogP contribution in [-0.2, 0) is 0 Å². The Hall–Kier alpha value is -0.760. The molecule has 0 aliphatic carbocycles. The van der Waals surface area contributed by atoms with Crippen LogP contribution in [0.5, 0.6) is 0 Å². The van der Waals surface area contributed by atoms with E-state index in [4.69, 9.17) is 11.6 Å². The number of rotatable bonds is 5. The predicted octanol–water partition coefficient (Wildman–Crippen LogP) is 2.82. The molecule has 0 atom stereocenters. The molecular formula is C10H15ClN2. The van der Waals surface area contributed by atoms with E-state index >= 15 is 0 Å². The topological polar surface area (TPSA) is 24.9 Å². The molecule has 0 saturated heterocycles. The molecule has 0 unspecified atom stereocenters. The maximum atomic E-state index is 5.57. The summed E-state index contributed by atoms with van der Waals surface area (Å²) in [6.45, 7) is 2.94. The molecular weight excluding hydrogens is 184 g/mol. The number of unbranched alkanes of at least 4 members (excludes halogenated alkanes) is 1. The van der Waals surface area contributed by atoms with Crippen molar-refractivity contribution in [2.75, 3.05) is 17.7 Å². The van der Waals surface area contributed by atoms with E-state index in [1.165, 1.54) is 0 Å². The molecule has 72 valence electrons. The zero-order valence-corrected chi connectivity index (χ0v) is 8.64. The van der Waals surface area contributed by atoms with Crippen molar-refractivity contribution in [3.05, 3.63) is 23.9 Å². The number of nitrogens with zero attached hydrogens (tertiary/aromatic N) is 1. The highest BCUT2D eigenvalue weighted by molar-refractivity contribution is 6.17. The molecule has 3 heteroatoms. The largest absolute Gasteiger partial charge is 0.370 e. The van der Waals surface area contributed by atoms with E-state index in [0.29, 0.717) is 0 Å². The third-order valence-electron chi connectivity index (χ3n) is 1.75. The molecule has 1 aromatic rings.